The zero-order valence-corrected chi connectivity index (χ0v) is 12.8. The van der Waals surface area contributed by atoms with E-state index in [0.717, 1.165) is 23.3 Å². The van der Waals surface area contributed by atoms with Crippen molar-refractivity contribution < 1.29 is 13.2 Å². The van der Waals surface area contributed by atoms with Crippen molar-refractivity contribution in [3.63, 3.8) is 0 Å². The highest BCUT2D eigenvalue weighted by molar-refractivity contribution is 7.80. The van der Waals surface area contributed by atoms with Crippen LogP contribution in [0, 0.1) is 6.92 Å². The summed E-state index contributed by atoms with van der Waals surface area (Å²) < 4.78 is 38.2. The van der Waals surface area contributed by atoms with Gasteiger partial charge in [0.2, 0.25) is 0 Å². The van der Waals surface area contributed by atoms with E-state index in [2.05, 4.69) is 5.32 Å². The highest BCUT2D eigenvalue weighted by Crippen LogP contribution is 2.32. The van der Waals surface area contributed by atoms with E-state index in [1.165, 1.54) is 6.07 Å². The average Bonchev–Trinajstić information content (AvgIpc) is 2.80. The average molecular weight is 330 g/mol. The van der Waals surface area contributed by atoms with Crippen LogP contribution in [0.2, 0.25) is 0 Å². The Morgan fingerprint density at radius 1 is 1.33 bits per heavy atom. The van der Waals surface area contributed by atoms with E-state index >= 15 is 0 Å². The Hall–Kier alpha value is -1.60. The van der Waals surface area contributed by atoms with Gasteiger partial charge in [0.15, 0.2) is 0 Å². The summed E-state index contributed by atoms with van der Waals surface area (Å²) in [5.41, 5.74) is 7.70. The molecule has 2 rings (SSSR count). The van der Waals surface area contributed by atoms with Gasteiger partial charge in [-0.2, -0.15) is 24.5 Å². The van der Waals surface area contributed by atoms with E-state index in [-0.39, 0.29) is 10.6 Å². The van der Waals surface area contributed by atoms with E-state index in [1.807, 2.05) is 17.7 Å². The Bertz CT molecular complexity index is 662. The van der Waals surface area contributed by atoms with Crippen LogP contribution in [0.15, 0.2) is 29.0 Å². The summed E-state index contributed by atoms with van der Waals surface area (Å²) in [7, 11) is 0. The van der Waals surface area contributed by atoms with E-state index in [1.54, 1.807) is 11.3 Å². The molecule has 0 saturated carbocycles. The fourth-order valence-electron chi connectivity index (χ4n) is 1.84. The van der Waals surface area contributed by atoms with Crippen molar-refractivity contribution in [3.8, 4) is 0 Å². The van der Waals surface area contributed by atoms with Crippen LogP contribution in [0.1, 0.15) is 22.3 Å². The van der Waals surface area contributed by atoms with Crippen LogP contribution in [0.25, 0.3) is 0 Å². The second-order valence-electron chi connectivity index (χ2n) is 4.56. The van der Waals surface area contributed by atoms with Crippen LogP contribution in [-0.4, -0.2) is 4.99 Å². The minimum Gasteiger partial charge on any atom is -0.389 e. The van der Waals surface area contributed by atoms with Gasteiger partial charge in [0, 0.05) is 17.8 Å². The second-order valence-corrected chi connectivity index (χ2v) is 5.74. The largest absolute Gasteiger partial charge is 0.416 e. The molecule has 1 aromatic heterocycles. The van der Waals surface area contributed by atoms with Gasteiger partial charge in [-0.05, 0) is 47.0 Å². The first-order valence-electron chi connectivity index (χ1n) is 6.05. The maximum absolute atomic E-state index is 12.7. The van der Waals surface area contributed by atoms with Gasteiger partial charge in [-0.3, -0.25) is 0 Å². The van der Waals surface area contributed by atoms with Gasteiger partial charge >= 0.3 is 6.18 Å². The van der Waals surface area contributed by atoms with Crippen molar-refractivity contribution in [2.45, 2.75) is 19.6 Å². The highest BCUT2D eigenvalue weighted by atomic mass is 32.1. The highest BCUT2D eigenvalue weighted by Gasteiger charge is 2.31. The Morgan fingerprint density at radius 2 is 2.05 bits per heavy atom. The number of nitrogens with two attached hydrogens (primary N) is 1. The monoisotopic (exact) mass is 330 g/mol. The number of nitrogens with one attached hydrogen (secondary N) is 1. The lowest BCUT2D eigenvalue weighted by molar-refractivity contribution is -0.137. The molecule has 0 aliphatic heterocycles. The summed E-state index contributed by atoms with van der Waals surface area (Å²) in [5, 5.41) is 7.09. The van der Waals surface area contributed by atoms with Crippen molar-refractivity contribution in [3.05, 3.63) is 51.2 Å². The molecule has 1 heterocycles. The molecule has 0 saturated heterocycles. The van der Waals surface area contributed by atoms with E-state index in [0.29, 0.717) is 12.2 Å². The number of halogens is 3. The summed E-state index contributed by atoms with van der Waals surface area (Å²) in [4.78, 5) is -0.0642. The zero-order valence-electron chi connectivity index (χ0n) is 11.1. The van der Waals surface area contributed by atoms with Crippen molar-refractivity contribution in [1.29, 1.82) is 0 Å². The molecule has 0 aliphatic rings. The van der Waals surface area contributed by atoms with Crippen LogP contribution in [0.3, 0.4) is 0 Å². The molecule has 112 valence electrons. The molecule has 1 aromatic carbocycles. The molecule has 0 spiro atoms. The molecule has 2 nitrogen and oxygen atoms in total. The minimum absolute atomic E-state index is 0.0642. The Morgan fingerprint density at radius 3 is 2.57 bits per heavy atom. The van der Waals surface area contributed by atoms with Crippen molar-refractivity contribution in [2.24, 2.45) is 5.73 Å². The summed E-state index contributed by atoms with van der Waals surface area (Å²) in [6.07, 6.45) is -4.41. The standard InChI is InChI=1S/C14H13F3N2S2/c1-8-6-21-7-9(8)5-19-12-3-2-10(14(15,16)17)4-11(12)13(18)20/h2-4,6-7,19H,5H2,1H3,(H2,18,20). The number of hydrogen-bond acceptors (Lipinski definition) is 3. The fraction of sp³-hybridized carbons (Fsp3) is 0.214. The molecule has 0 atom stereocenters. The molecule has 0 unspecified atom stereocenters. The quantitative estimate of drug-likeness (QED) is 0.820. The molecule has 0 bridgehead atoms. The normalized spacial score (nSPS) is 11.4. The third kappa shape index (κ3) is 3.74. The minimum atomic E-state index is -4.41. The SMILES string of the molecule is Cc1cscc1CNc1ccc(C(F)(F)F)cc1C(N)=S. The van der Waals surface area contributed by atoms with Crippen LogP contribution < -0.4 is 11.1 Å². The summed E-state index contributed by atoms with van der Waals surface area (Å²) in [5.74, 6) is 0. The maximum Gasteiger partial charge on any atom is 0.416 e. The van der Waals surface area contributed by atoms with Crippen LogP contribution in [0.4, 0.5) is 18.9 Å². The van der Waals surface area contributed by atoms with Gasteiger partial charge in [0.25, 0.3) is 0 Å². The van der Waals surface area contributed by atoms with Crippen molar-refractivity contribution in [2.75, 3.05) is 5.32 Å². The predicted molar refractivity (Wildman–Crippen MR) is 83.7 cm³/mol. The molecule has 21 heavy (non-hydrogen) atoms. The Labute approximate surface area is 129 Å². The maximum atomic E-state index is 12.7. The lowest BCUT2D eigenvalue weighted by Gasteiger charge is -2.14. The molecular formula is C14H13F3N2S2. The van der Waals surface area contributed by atoms with Crippen LogP contribution >= 0.6 is 23.6 Å². The smallest absolute Gasteiger partial charge is 0.389 e. The molecule has 0 radical (unpaired) electrons. The Balaban J connectivity index is 2.27. The van der Waals surface area contributed by atoms with Crippen LogP contribution in [-0.2, 0) is 12.7 Å². The lowest BCUT2D eigenvalue weighted by Crippen LogP contribution is -2.15. The number of hydrogen-bond donors (Lipinski definition) is 2. The summed E-state index contributed by atoms with van der Waals surface area (Å²) in [6, 6.07) is 3.36. The third-order valence-electron chi connectivity index (χ3n) is 3.04. The first kappa shape index (κ1) is 15.8. The van der Waals surface area contributed by atoms with Gasteiger partial charge in [0.1, 0.15) is 4.99 Å². The fourth-order valence-corrected chi connectivity index (χ4v) is 2.86. The van der Waals surface area contributed by atoms with E-state index in [4.69, 9.17) is 18.0 Å². The second kappa shape index (κ2) is 6.03. The van der Waals surface area contributed by atoms with Crippen LogP contribution in [0.5, 0.6) is 0 Å². The van der Waals surface area contributed by atoms with Gasteiger partial charge < -0.3 is 11.1 Å². The molecular weight excluding hydrogens is 317 g/mol. The van der Waals surface area contributed by atoms with Gasteiger partial charge in [-0.15, -0.1) is 0 Å². The molecule has 0 fully saturated rings. The Kier molecular flexibility index (Phi) is 4.53. The topological polar surface area (TPSA) is 38.0 Å². The van der Waals surface area contributed by atoms with Gasteiger partial charge in [-0.1, -0.05) is 12.2 Å². The number of thiocarbonyl (C=S) groups is 1. The predicted octanol–water partition coefficient (Wildman–Crippen LogP) is 4.32. The molecule has 7 heteroatoms. The first-order valence-corrected chi connectivity index (χ1v) is 7.40. The van der Waals surface area contributed by atoms with Gasteiger partial charge in [-0.25, -0.2) is 0 Å². The molecule has 0 amide bonds. The van der Waals surface area contributed by atoms with Crippen molar-refractivity contribution in [1.82, 2.24) is 0 Å². The van der Waals surface area contributed by atoms with E-state index < -0.39 is 11.7 Å². The number of aryl methyl sites for hydroxylation is 1. The van der Waals surface area contributed by atoms with Gasteiger partial charge in [0.05, 0.1) is 5.56 Å². The molecule has 2 aromatic rings. The summed E-state index contributed by atoms with van der Waals surface area (Å²) in [6.45, 7) is 2.49. The first-order chi connectivity index (χ1) is 9.79. The molecule has 3 N–H and O–H groups in total. The van der Waals surface area contributed by atoms with E-state index in [9.17, 15) is 13.2 Å². The number of benzene rings is 1. The number of rotatable bonds is 4. The zero-order chi connectivity index (χ0) is 15.6. The number of alkyl halides is 3. The summed E-state index contributed by atoms with van der Waals surface area (Å²) >= 11 is 6.42. The lowest BCUT2D eigenvalue weighted by atomic mass is 10.1. The number of thiophene rings is 1. The molecule has 0 aliphatic carbocycles. The van der Waals surface area contributed by atoms with Crippen molar-refractivity contribution >= 4 is 34.2 Å². The number of anilines is 1. The third-order valence-corrected chi connectivity index (χ3v) is 4.17.